The Morgan fingerprint density at radius 2 is 1.18 bits per heavy atom. The van der Waals surface area contributed by atoms with E-state index in [1.54, 1.807) is 71.1 Å². The number of para-hydroxylation sites is 1. The van der Waals surface area contributed by atoms with Gasteiger partial charge in [0.05, 0.1) is 17.2 Å². The third-order valence-corrected chi connectivity index (χ3v) is 10.3. The molecule has 10 heteroatoms. The number of esters is 3. The lowest BCUT2D eigenvalue weighted by molar-refractivity contribution is -0.396. The minimum atomic E-state index is -1.95. The van der Waals surface area contributed by atoms with Crippen molar-refractivity contribution in [3.05, 3.63) is 65.2 Å². The molecule has 5 rings (SSSR count). The lowest BCUT2D eigenvalue weighted by Gasteiger charge is -2.68. The molecule has 1 aliphatic carbocycles. The molecular weight excluding hydrogens is 578 g/mol. The zero-order valence-electron chi connectivity index (χ0n) is 27.3. The summed E-state index contributed by atoms with van der Waals surface area (Å²) in [6, 6.07) is 14.4. The van der Waals surface area contributed by atoms with Crippen LogP contribution in [0.4, 0.5) is 5.69 Å². The molecule has 0 spiro atoms. The second kappa shape index (κ2) is 10.1. The van der Waals surface area contributed by atoms with Crippen molar-refractivity contribution >= 4 is 46.4 Å². The van der Waals surface area contributed by atoms with Crippen LogP contribution in [0.25, 0.3) is 11.1 Å². The molecule has 0 N–H and O–H groups in total. The van der Waals surface area contributed by atoms with E-state index < -0.39 is 57.6 Å². The molecule has 0 bridgehead atoms. The van der Waals surface area contributed by atoms with Crippen LogP contribution in [0.1, 0.15) is 84.9 Å². The fourth-order valence-corrected chi connectivity index (χ4v) is 7.85. The van der Waals surface area contributed by atoms with Gasteiger partial charge < -0.3 is 23.8 Å². The normalized spacial score (nSPS) is 33.4. The van der Waals surface area contributed by atoms with Crippen molar-refractivity contribution in [3.63, 3.8) is 0 Å². The van der Waals surface area contributed by atoms with Crippen molar-refractivity contribution in [1.29, 1.82) is 0 Å². The quantitative estimate of drug-likeness (QED) is 0.271. The lowest BCUT2D eigenvalue weighted by Crippen LogP contribution is -2.86. The summed E-state index contributed by atoms with van der Waals surface area (Å²) in [4.78, 5) is 68.6. The molecule has 2 aromatic rings. The third kappa shape index (κ3) is 4.14. The number of ether oxygens (including phenoxy) is 4. The van der Waals surface area contributed by atoms with Crippen LogP contribution in [0.5, 0.6) is 0 Å². The average molecular weight is 618 g/mol. The standard InChI is InChI=1S/C35H39NO9/c1-19(37)42-33(7)31(4,5)45-32(6,34(8,43-20(2)38)35(33,9)44-21(3)39)28-23-16-12-11-15-22(23)26(29(28)40)27-24-17-13-14-18-25(24)36(10)30(27)41/h11-18,28H,1-10H3/b27-26+. The maximum absolute atomic E-state index is 15.0. The fourth-order valence-electron chi connectivity index (χ4n) is 7.85. The maximum Gasteiger partial charge on any atom is 0.303 e. The maximum atomic E-state index is 15.0. The summed E-state index contributed by atoms with van der Waals surface area (Å²) in [6.45, 7) is 13.2. The number of anilines is 1. The van der Waals surface area contributed by atoms with Gasteiger partial charge in [0.25, 0.3) is 5.91 Å². The molecule has 2 aliphatic heterocycles. The molecule has 5 atom stereocenters. The van der Waals surface area contributed by atoms with E-state index in [4.69, 9.17) is 18.9 Å². The minimum absolute atomic E-state index is 0.215. The van der Waals surface area contributed by atoms with E-state index in [1.165, 1.54) is 39.5 Å². The van der Waals surface area contributed by atoms with E-state index in [0.717, 1.165) is 0 Å². The highest BCUT2D eigenvalue weighted by Crippen LogP contribution is 2.64. The largest absolute Gasteiger partial charge is 0.452 e. The Morgan fingerprint density at radius 1 is 0.689 bits per heavy atom. The lowest BCUT2D eigenvalue weighted by atomic mass is 9.54. The predicted molar refractivity (Wildman–Crippen MR) is 165 cm³/mol. The van der Waals surface area contributed by atoms with Crippen LogP contribution >= 0.6 is 0 Å². The van der Waals surface area contributed by atoms with Gasteiger partial charge in [0.15, 0.2) is 22.6 Å². The van der Waals surface area contributed by atoms with Crippen LogP contribution in [0.15, 0.2) is 48.5 Å². The van der Waals surface area contributed by atoms with E-state index in [2.05, 4.69) is 0 Å². The van der Waals surface area contributed by atoms with E-state index in [-0.39, 0.29) is 17.1 Å². The van der Waals surface area contributed by atoms with Gasteiger partial charge in [-0.25, -0.2) is 0 Å². The topological polar surface area (TPSA) is 126 Å². The number of fused-ring (bicyclic) bond motifs is 2. The molecule has 0 aromatic heterocycles. The first-order chi connectivity index (χ1) is 20.8. The minimum Gasteiger partial charge on any atom is -0.452 e. The molecule has 1 fully saturated rings. The molecule has 1 saturated heterocycles. The summed E-state index contributed by atoms with van der Waals surface area (Å²) in [6.07, 6.45) is 0. The zero-order valence-corrected chi connectivity index (χ0v) is 27.3. The first-order valence-corrected chi connectivity index (χ1v) is 14.8. The summed E-state index contributed by atoms with van der Waals surface area (Å²) >= 11 is 0. The molecular formula is C35H39NO9. The summed E-state index contributed by atoms with van der Waals surface area (Å²) in [5, 5.41) is 0. The summed E-state index contributed by atoms with van der Waals surface area (Å²) in [5.41, 5.74) is -5.92. The first kappa shape index (κ1) is 32.1. The highest BCUT2D eigenvalue weighted by Gasteiger charge is 2.81. The number of hydrogen-bond donors (Lipinski definition) is 0. The third-order valence-electron chi connectivity index (χ3n) is 10.3. The van der Waals surface area contributed by atoms with Crippen molar-refractivity contribution in [2.45, 2.75) is 96.2 Å². The molecule has 0 radical (unpaired) electrons. The number of carbonyl (C=O) groups excluding carboxylic acids is 5. The van der Waals surface area contributed by atoms with Crippen LogP contribution in [0, 0.1) is 0 Å². The van der Waals surface area contributed by atoms with Crippen LogP contribution in [0.2, 0.25) is 0 Å². The van der Waals surface area contributed by atoms with E-state index in [1.807, 2.05) is 12.1 Å². The molecule has 0 saturated carbocycles. The number of rotatable bonds is 4. The van der Waals surface area contributed by atoms with Crippen molar-refractivity contribution in [1.82, 2.24) is 0 Å². The molecule has 2 heterocycles. The van der Waals surface area contributed by atoms with Crippen molar-refractivity contribution in [3.8, 4) is 0 Å². The van der Waals surface area contributed by atoms with Crippen LogP contribution in [-0.2, 0) is 42.9 Å². The Hall–Kier alpha value is -4.31. The Labute approximate surface area is 262 Å². The highest BCUT2D eigenvalue weighted by atomic mass is 16.7. The van der Waals surface area contributed by atoms with Crippen molar-refractivity contribution < 1.29 is 42.9 Å². The molecule has 3 aliphatic rings. The molecule has 2 aromatic carbocycles. The van der Waals surface area contributed by atoms with Gasteiger partial charge in [-0.3, -0.25) is 24.0 Å². The SMILES string of the molecule is CC(=O)OC1(C)C(C)(C)OC(C)(C2C(=O)/C(=C3/C(=O)N(C)c4ccccc43)c3ccccc32)C(C)(OC(C)=O)C1(C)OC(C)=O. The second-order valence-corrected chi connectivity index (χ2v) is 13.1. The number of allylic oxidation sites excluding steroid dienone is 1. The van der Waals surface area contributed by atoms with E-state index in [0.29, 0.717) is 22.4 Å². The molecule has 10 nitrogen and oxygen atoms in total. The number of ketones is 1. The average Bonchev–Trinajstić information content (AvgIpc) is 3.35. The van der Waals surface area contributed by atoms with Gasteiger partial charge in [-0.05, 0) is 58.7 Å². The number of hydrogen-bond acceptors (Lipinski definition) is 9. The molecule has 45 heavy (non-hydrogen) atoms. The van der Waals surface area contributed by atoms with Crippen molar-refractivity contribution in [2.75, 3.05) is 11.9 Å². The predicted octanol–water partition coefficient (Wildman–Crippen LogP) is 4.77. The van der Waals surface area contributed by atoms with Gasteiger partial charge in [0.1, 0.15) is 11.2 Å². The first-order valence-electron chi connectivity index (χ1n) is 14.8. The number of Topliss-reactive ketones (excluding diaryl/α,β-unsaturated/α-hetero) is 1. The molecule has 238 valence electrons. The number of nitrogens with zero attached hydrogens (tertiary/aromatic N) is 1. The van der Waals surface area contributed by atoms with Gasteiger partial charge in [0.2, 0.25) is 0 Å². The monoisotopic (exact) mass is 617 g/mol. The Morgan fingerprint density at radius 3 is 1.76 bits per heavy atom. The van der Waals surface area contributed by atoms with Crippen LogP contribution < -0.4 is 4.90 Å². The van der Waals surface area contributed by atoms with Gasteiger partial charge in [-0.1, -0.05) is 42.5 Å². The second-order valence-electron chi connectivity index (χ2n) is 13.1. The van der Waals surface area contributed by atoms with Crippen LogP contribution in [-0.4, -0.2) is 64.7 Å². The Kier molecular flexibility index (Phi) is 7.20. The number of amides is 1. The van der Waals surface area contributed by atoms with E-state index in [9.17, 15) is 19.2 Å². The molecule has 5 unspecified atom stereocenters. The smallest absolute Gasteiger partial charge is 0.303 e. The van der Waals surface area contributed by atoms with Gasteiger partial charge in [-0.2, -0.15) is 0 Å². The van der Waals surface area contributed by atoms with Gasteiger partial charge in [-0.15, -0.1) is 0 Å². The Bertz CT molecular complexity index is 1710. The van der Waals surface area contributed by atoms with Crippen LogP contribution in [0.3, 0.4) is 0 Å². The van der Waals surface area contributed by atoms with Gasteiger partial charge >= 0.3 is 17.9 Å². The fraction of sp³-hybridized carbons (Fsp3) is 0.457. The summed E-state index contributed by atoms with van der Waals surface area (Å²) in [5.74, 6) is -4.07. The Balaban J connectivity index is 1.85. The highest BCUT2D eigenvalue weighted by molar-refractivity contribution is 6.48. The molecule has 1 amide bonds. The van der Waals surface area contributed by atoms with Crippen molar-refractivity contribution in [2.24, 2.45) is 0 Å². The van der Waals surface area contributed by atoms with Gasteiger partial charge in [0, 0.05) is 39.0 Å². The number of benzene rings is 2. The number of carbonyl (C=O) groups is 5. The van der Waals surface area contributed by atoms with E-state index >= 15 is 4.79 Å². The summed E-state index contributed by atoms with van der Waals surface area (Å²) < 4.78 is 25.1. The summed E-state index contributed by atoms with van der Waals surface area (Å²) in [7, 11) is 1.66. The number of likely N-dealkylation sites (N-methyl/N-ethyl adjacent to an activating group) is 1. The zero-order chi connectivity index (χ0) is 33.5.